The van der Waals surface area contributed by atoms with Crippen molar-refractivity contribution in [3.63, 3.8) is 0 Å². The fourth-order valence-electron chi connectivity index (χ4n) is 3.21. The first-order valence-electron chi connectivity index (χ1n) is 7.46. The lowest BCUT2D eigenvalue weighted by Gasteiger charge is -2.42. The Morgan fingerprint density at radius 1 is 1.30 bits per heavy atom. The van der Waals surface area contributed by atoms with Crippen LogP contribution in [0.25, 0.3) is 0 Å². The standard InChI is InChI=1S/C16H22N2O2/c1-3-20-14-6-4-12(5-7-14)16-17-10-15(19)18(16)13-8-11(2)9-13/h4-7,11,13,16-17H,3,8-10H2,1-2H3. The van der Waals surface area contributed by atoms with Crippen LogP contribution in [0.5, 0.6) is 5.75 Å². The van der Waals surface area contributed by atoms with Crippen LogP contribution in [-0.2, 0) is 4.79 Å². The SMILES string of the molecule is CCOc1ccc(C2NCC(=O)N2C2CC(C)C2)cc1. The van der Waals surface area contributed by atoms with Crippen LogP contribution in [0.3, 0.4) is 0 Å². The zero-order valence-electron chi connectivity index (χ0n) is 12.1. The Labute approximate surface area is 120 Å². The van der Waals surface area contributed by atoms with Crippen molar-refractivity contribution in [3.8, 4) is 5.75 Å². The van der Waals surface area contributed by atoms with Crippen LogP contribution < -0.4 is 10.1 Å². The first-order valence-corrected chi connectivity index (χ1v) is 7.46. The number of nitrogens with zero attached hydrogens (tertiary/aromatic N) is 1. The molecular weight excluding hydrogens is 252 g/mol. The summed E-state index contributed by atoms with van der Waals surface area (Å²) in [7, 11) is 0. The third-order valence-electron chi connectivity index (χ3n) is 4.26. The summed E-state index contributed by atoms with van der Waals surface area (Å²) < 4.78 is 5.46. The van der Waals surface area contributed by atoms with E-state index in [2.05, 4.69) is 24.4 Å². The van der Waals surface area contributed by atoms with E-state index in [1.54, 1.807) is 0 Å². The molecule has 1 saturated heterocycles. The van der Waals surface area contributed by atoms with Crippen molar-refractivity contribution in [2.45, 2.75) is 38.9 Å². The minimum atomic E-state index is 0.0238. The van der Waals surface area contributed by atoms with E-state index in [0.717, 1.165) is 30.1 Å². The molecule has 1 heterocycles. The van der Waals surface area contributed by atoms with Crippen LogP contribution in [0, 0.1) is 5.92 Å². The lowest BCUT2D eigenvalue weighted by molar-refractivity contribution is -0.133. The van der Waals surface area contributed by atoms with Crippen molar-refractivity contribution in [2.75, 3.05) is 13.2 Å². The average molecular weight is 274 g/mol. The van der Waals surface area contributed by atoms with Gasteiger partial charge in [0.1, 0.15) is 11.9 Å². The molecule has 4 nitrogen and oxygen atoms in total. The molecule has 1 unspecified atom stereocenters. The molecule has 1 aromatic carbocycles. The second-order valence-electron chi connectivity index (χ2n) is 5.82. The van der Waals surface area contributed by atoms with Gasteiger partial charge in [-0.25, -0.2) is 0 Å². The molecule has 1 saturated carbocycles. The van der Waals surface area contributed by atoms with Crippen LogP contribution in [0.2, 0.25) is 0 Å². The predicted molar refractivity (Wildman–Crippen MR) is 77.4 cm³/mol. The van der Waals surface area contributed by atoms with E-state index >= 15 is 0 Å². The second kappa shape index (κ2) is 5.44. The van der Waals surface area contributed by atoms with Crippen molar-refractivity contribution in [3.05, 3.63) is 29.8 Å². The van der Waals surface area contributed by atoms with Gasteiger partial charge in [-0.05, 0) is 43.4 Å². The molecule has 108 valence electrons. The molecule has 1 amide bonds. The number of nitrogens with one attached hydrogen (secondary N) is 1. The number of rotatable bonds is 4. The summed E-state index contributed by atoms with van der Waals surface area (Å²) in [6.45, 7) is 5.34. The van der Waals surface area contributed by atoms with E-state index in [-0.39, 0.29) is 12.1 Å². The Kier molecular flexibility index (Phi) is 3.66. The molecule has 4 heteroatoms. The van der Waals surface area contributed by atoms with Crippen LogP contribution in [-0.4, -0.2) is 30.0 Å². The molecule has 1 atom stereocenters. The van der Waals surface area contributed by atoms with Crippen molar-refractivity contribution < 1.29 is 9.53 Å². The van der Waals surface area contributed by atoms with Crippen molar-refractivity contribution in [1.29, 1.82) is 0 Å². The van der Waals surface area contributed by atoms with Gasteiger partial charge in [0.15, 0.2) is 0 Å². The minimum Gasteiger partial charge on any atom is -0.494 e. The number of hydrogen-bond donors (Lipinski definition) is 1. The Morgan fingerprint density at radius 2 is 2.00 bits per heavy atom. The summed E-state index contributed by atoms with van der Waals surface area (Å²) >= 11 is 0. The fraction of sp³-hybridized carbons (Fsp3) is 0.562. The van der Waals surface area contributed by atoms with E-state index in [4.69, 9.17) is 4.74 Å². The highest BCUT2D eigenvalue weighted by atomic mass is 16.5. The van der Waals surface area contributed by atoms with E-state index in [9.17, 15) is 4.79 Å². The third-order valence-corrected chi connectivity index (χ3v) is 4.26. The summed E-state index contributed by atoms with van der Waals surface area (Å²) in [5.74, 6) is 1.85. The zero-order valence-corrected chi connectivity index (χ0v) is 12.1. The van der Waals surface area contributed by atoms with E-state index < -0.39 is 0 Å². The van der Waals surface area contributed by atoms with Gasteiger partial charge in [0.05, 0.1) is 13.2 Å². The molecule has 0 radical (unpaired) electrons. The Balaban J connectivity index is 1.76. The summed E-state index contributed by atoms with van der Waals surface area (Å²) in [6, 6.07) is 8.46. The summed E-state index contributed by atoms with van der Waals surface area (Å²) in [5, 5.41) is 3.32. The van der Waals surface area contributed by atoms with Crippen molar-refractivity contribution >= 4 is 5.91 Å². The molecule has 1 aromatic rings. The maximum atomic E-state index is 12.1. The van der Waals surface area contributed by atoms with E-state index in [0.29, 0.717) is 19.2 Å². The first-order chi connectivity index (χ1) is 9.69. The lowest BCUT2D eigenvalue weighted by Crippen LogP contribution is -2.46. The average Bonchev–Trinajstić information content (AvgIpc) is 2.78. The normalized spacial score (nSPS) is 29.4. The Morgan fingerprint density at radius 3 is 2.60 bits per heavy atom. The van der Waals surface area contributed by atoms with Crippen LogP contribution in [0.15, 0.2) is 24.3 Å². The van der Waals surface area contributed by atoms with Crippen molar-refractivity contribution in [2.24, 2.45) is 5.92 Å². The maximum absolute atomic E-state index is 12.1. The van der Waals surface area contributed by atoms with Crippen LogP contribution in [0.1, 0.15) is 38.4 Å². The predicted octanol–water partition coefficient (Wildman–Crippen LogP) is 2.31. The van der Waals surface area contributed by atoms with Gasteiger partial charge in [-0.1, -0.05) is 19.1 Å². The second-order valence-corrected chi connectivity index (χ2v) is 5.82. The van der Waals surface area contributed by atoms with E-state index in [1.165, 1.54) is 0 Å². The van der Waals surface area contributed by atoms with Gasteiger partial charge < -0.3 is 9.64 Å². The molecule has 1 aliphatic carbocycles. The number of carbonyl (C=O) groups is 1. The summed E-state index contributed by atoms with van der Waals surface area (Å²) in [4.78, 5) is 14.1. The van der Waals surface area contributed by atoms with Gasteiger partial charge in [0.2, 0.25) is 5.91 Å². The third kappa shape index (κ3) is 2.40. The van der Waals surface area contributed by atoms with Crippen LogP contribution in [0.4, 0.5) is 0 Å². The lowest BCUT2D eigenvalue weighted by atomic mass is 9.80. The quantitative estimate of drug-likeness (QED) is 0.916. The maximum Gasteiger partial charge on any atom is 0.238 e. The number of hydrogen-bond acceptors (Lipinski definition) is 3. The summed E-state index contributed by atoms with van der Waals surface area (Å²) in [6.07, 6.45) is 2.28. The number of ether oxygens (including phenoxy) is 1. The molecule has 1 aliphatic heterocycles. The molecule has 0 aromatic heterocycles. The minimum absolute atomic E-state index is 0.0238. The van der Waals surface area contributed by atoms with Gasteiger partial charge in [0, 0.05) is 6.04 Å². The fourth-order valence-corrected chi connectivity index (χ4v) is 3.21. The molecule has 1 N–H and O–H groups in total. The van der Waals surface area contributed by atoms with Gasteiger partial charge in [-0.3, -0.25) is 10.1 Å². The highest BCUT2D eigenvalue weighted by molar-refractivity contribution is 5.81. The number of benzene rings is 1. The van der Waals surface area contributed by atoms with Crippen molar-refractivity contribution in [1.82, 2.24) is 10.2 Å². The van der Waals surface area contributed by atoms with Gasteiger partial charge in [0.25, 0.3) is 0 Å². The molecule has 20 heavy (non-hydrogen) atoms. The monoisotopic (exact) mass is 274 g/mol. The summed E-state index contributed by atoms with van der Waals surface area (Å²) in [5.41, 5.74) is 1.14. The Hall–Kier alpha value is -1.55. The number of carbonyl (C=O) groups excluding carboxylic acids is 1. The zero-order chi connectivity index (χ0) is 14.1. The van der Waals surface area contributed by atoms with Gasteiger partial charge in [-0.2, -0.15) is 0 Å². The van der Waals surface area contributed by atoms with Crippen LogP contribution >= 0.6 is 0 Å². The van der Waals surface area contributed by atoms with E-state index in [1.807, 2.05) is 24.0 Å². The molecule has 0 bridgehead atoms. The molecule has 2 fully saturated rings. The first kappa shape index (κ1) is 13.4. The van der Waals surface area contributed by atoms with Gasteiger partial charge in [-0.15, -0.1) is 0 Å². The highest BCUT2D eigenvalue weighted by Crippen LogP contribution is 2.37. The molecular formula is C16H22N2O2. The topological polar surface area (TPSA) is 41.6 Å². The number of amides is 1. The highest BCUT2D eigenvalue weighted by Gasteiger charge is 2.41. The molecule has 0 spiro atoms. The Bertz CT molecular complexity index is 480. The van der Waals surface area contributed by atoms with Gasteiger partial charge >= 0.3 is 0 Å². The smallest absolute Gasteiger partial charge is 0.238 e. The molecule has 2 aliphatic rings. The largest absolute Gasteiger partial charge is 0.494 e. The molecule has 3 rings (SSSR count).